The lowest BCUT2D eigenvalue weighted by atomic mass is 10.1. The van der Waals surface area contributed by atoms with Crippen LogP contribution in [0.5, 0.6) is 0 Å². The number of carbonyl (C=O) groups excluding carboxylic acids is 1. The molecule has 6 nitrogen and oxygen atoms in total. The van der Waals surface area contributed by atoms with Gasteiger partial charge < -0.3 is 14.7 Å². The van der Waals surface area contributed by atoms with E-state index in [1.807, 2.05) is 45.0 Å². The van der Waals surface area contributed by atoms with E-state index in [2.05, 4.69) is 14.8 Å². The second-order valence-corrected chi connectivity index (χ2v) is 6.25. The van der Waals surface area contributed by atoms with E-state index in [-0.39, 0.29) is 11.3 Å². The van der Waals surface area contributed by atoms with Gasteiger partial charge in [-0.15, -0.1) is 0 Å². The maximum atomic E-state index is 9.60. The average molecular weight is 306 g/mol. The number of rotatable bonds is 3. The van der Waals surface area contributed by atoms with Gasteiger partial charge in [0.1, 0.15) is 5.60 Å². The van der Waals surface area contributed by atoms with Crippen LogP contribution in [-0.2, 0) is 20.0 Å². The molecule has 2 atom stereocenters. The van der Waals surface area contributed by atoms with Gasteiger partial charge in [0.05, 0.1) is 12.8 Å². The molecule has 2 fully saturated rings. The van der Waals surface area contributed by atoms with Crippen LogP contribution in [-0.4, -0.2) is 48.1 Å². The fourth-order valence-corrected chi connectivity index (χ4v) is 2.34. The lowest BCUT2D eigenvalue weighted by Crippen LogP contribution is -2.17. The van der Waals surface area contributed by atoms with Crippen molar-refractivity contribution in [1.29, 1.82) is 0 Å². The first-order valence-electron chi connectivity index (χ1n) is 7.20. The van der Waals surface area contributed by atoms with Gasteiger partial charge >= 0.3 is 0 Å². The fraction of sp³-hybridized carbons (Fsp3) is 0.500. The first kappa shape index (κ1) is 16.5. The highest BCUT2D eigenvalue weighted by Gasteiger charge is 2.58. The molecular weight excluding hydrogens is 284 g/mol. The number of benzene rings is 1. The Kier molecular flexibility index (Phi) is 4.83. The first-order chi connectivity index (χ1) is 10.4. The summed E-state index contributed by atoms with van der Waals surface area (Å²) >= 11 is 0. The van der Waals surface area contributed by atoms with Crippen molar-refractivity contribution >= 4 is 12.7 Å². The number of oxime groups is 1. The van der Waals surface area contributed by atoms with Crippen molar-refractivity contribution in [2.45, 2.75) is 32.1 Å². The molecule has 2 unspecified atom stereocenters. The van der Waals surface area contributed by atoms with E-state index in [4.69, 9.17) is 9.94 Å². The second kappa shape index (κ2) is 6.46. The van der Waals surface area contributed by atoms with Gasteiger partial charge in [0.25, 0.3) is 6.47 Å². The maximum Gasteiger partial charge on any atom is 0.293 e. The molecule has 0 aromatic heterocycles. The largest absolute Gasteiger partial charge is 0.462 e. The van der Waals surface area contributed by atoms with Gasteiger partial charge in [-0.1, -0.05) is 29.4 Å². The van der Waals surface area contributed by atoms with E-state index in [1.54, 1.807) is 0 Å². The van der Waals surface area contributed by atoms with Gasteiger partial charge in [0.2, 0.25) is 0 Å². The number of nitrogens with zero attached hydrogens (tertiary/aromatic N) is 2. The van der Waals surface area contributed by atoms with Crippen LogP contribution in [0, 0.1) is 0 Å². The summed E-state index contributed by atoms with van der Waals surface area (Å²) in [6.07, 6.45) is 1.42. The molecular formula is C16H22N2O4. The Balaban J connectivity index is 0.000000217. The van der Waals surface area contributed by atoms with E-state index in [1.165, 1.54) is 11.8 Å². The highest BCUT2D eigenvalue weighted by Crippen LogP contribution is 2.46. The predicted octanol–water partition coefficient (Wildman–Crippen LogP) is 1.95. The van der Waals surface area contributed by atoms with Gasteiger partial charge in [-0.25, -0.2) is 0 Å². The minimum Gasteiger partial charge on any atom is -0.462 e. The number of hydrogen-bond donors (Lipinski definition) is 1. The van der Waals surface area contributed by atoms with Crippen molar-refractivity contribution in [3.05, 3.63) is 35.4 Å². The molecule has 0 aliphatic carbocycles. The molecule has 22 heavy (non-hydrogen) atoms. The summed E-state index contributed by atoms with van der Waals surface area (Å²) in [5.41, 5.74) is 1.63. The topological polar surface area (TPSA) is 71.1 Å². The molecule has 0 amide bonds. The summed E-state index contributed by atoms with van der Waals surface area (Å²) in [6.45, 7) is 8.77. The number of ether oxygens (including phenoxy) is 2. The van der Waals surface area contributed by atoms with Gasteiger partial charge in [0, 0.05) is 18.7 Å². The minimum absolute atomic E-state index is 0.130. The standard InChI is InChI=1S/C11H12N2O2.C5H10O2/c14-12-7-9-1-3-10(4-2-9)11-8-13(11)5-6-15-11;1-5(2,3)7-4-6/h1-4,7,14H,5-6,8H2;4H,1-3H3. The van der Waals surface area contributed by atoms with E-state index in [9.17, 15) is 4.79 Å². The van der Waals surface area contributed by atoms with Crippen molar-refractivity contribution in [2.75, 3.05) is 19.7 Å². The SMILES string of the molecule is CC(C)(C)OC=O.ON=Cc1ccc(C23CN2CCO3)cc1. The molecule has 0 bridgehead atoms. The predicted molar refractivity (Wildman–Crippen MR) is 81.9 cm³/mol. The maximum absolute atomic E-state index is 9.60. The normalized spacial score (nSPS) is 26.0. The van der Waals surface area contributed by atoms with Crippen LogP contribution < -0.4 is 0 Å². The van der Waals surface area contributed by atoms with Crippen LogP contribution in [0.1, 0.15) is 31.9 Å². The van der Waals surface area contributed by atoms with Crippen molar-refractivity contribution in [3.63, 3.8) is 0 Å². The Bertz CT molecular complexity index is 536. The summed E-state index contributed by atoms with van der Waals surface area (Å²) in [6, 6.07) is 7.93. The van der Waals surface area contributed by atoms with E-state index >= 15 is 0 Å². The molecule has 3 rings (SSSR count). The second-order valence-electron chi connectivity index (χ2n) is 6.25. The Labute approximate surface area is 130 Å². The summed E-state index contributed by atoms with van der Waals surface area (Å²) in [5.74, 6) is 0. The van der Waals surface area contributed by atoms with E-state index in [0.717, 1.165) is 25.3 Å². The smallest absolute Gasteiger partial charge is 0.293 e. The quantitative estimate of drug-likeness (QED) is 0.304. The zero-order chi connectivity index (χ0) is 16.2. The molecule has 1 aromatic rings. The minimum atomic E-state index is -0.318. The summed E-state index contributed by atoms with van der Waals surface area (Å²) in [4.78, 5) is 11.9. The summed E-state index contributed by atoms with van der Waals surface area (Å²) in [7, 11) is 0. The number of carbonyl (C=O) groups is 1. The van der Waals surface area contributed by atoms with Crippen LogP contribution in [0.2, 0.25) is 0 Å². The molecule has 6 heteroatoms. The number of morpholine rings is 1. The summed E-state index contributed by atoms with van der Waals surface area (Å²) in [5, 5.41) is 11.4. The van der Waals surface area contributed by atoms with Crippen molar-refractivity contribution in [3.8, 4) is 0 Å². The van der Waals surface area contributed by atoms with E-state index < -0.39 is 0 Å². The molecule has 1 aromatic carbocycles. The van der Waals surface area contributed by atoms with Gasteiger partial charge in [-0.05, 0) is 26.3 Å². The van der Waals surface area contributed by atoms with E-state index in [0.29, 0.717) is 6.47 Å². The Morgan fingerprint density at radius 2 is 2.05 bits per heavy atom. The van der Waals surface area contributed by atoms with Crippen molar-refractivity contribution < 1.29 is 19.5 Å². The molecule has 2 aliphatic rings. The molecule has 0 saturated carbocycles. The Morgan fingerprint density at radius 1 is 1.36 bits per heavy atom. The monoisotopic (exact) mass is 306 g/mol. The molecule has 2 heterocycles. The molecule has 2 saturated heterocycles. The number of fused-ring (bicyclic) bond motifs is 1. The lowest BCUT2D eigenvalue weighted by molar-refractivity contribution is -0.138. The summed E-state index contributed by atoms with van der Waals surface area (Å²) < 4.78 is 10.3. The van der Waals surface area contributed by atoms with Crippen LogP contribution >= 0.6 is 0 Å². The molecule has 120 valence electrons. The van der Waals surface area contributed by atoms with Gasteiger partial charge in [0.15, 0.2) is 5.72 Å². The Morgan fingerprint density at radius 3 is 2.41 bits per heavy atom. The fourth-order valence-electron chi connectivity index (χ4n) is 2.34. The highest BCUT2D eigenvalue weighted by molar-refractivity contribution is 5.79. The number of hydrogen-bond acceptors (Lipinski definition) is 6. The van der Waals surface area contributed by atoms with Crippen LogP contribution in [0.3, 0.4) is 0 Å². The third-order valence-corrected chi connectivity index (χ3v) is 3.48. The zero-order valence-electron chi connectivity index (χ0n) is 13.2. The van der Waals surface area contributed by atoms with Crippen LogP contribution in [0.15, 0.2) is 29.4 Å². The lowest BCUT2D eigenvalue weighted by Gasteiger charge is -2.14. The molecule has 0 spiro atoms. The molecule has 1 N–H and O–H groups in total. The van der Waals surface area contributed by atoms with Gasteiger partial charge in [-0.2, -0.15) is 0 Å². The molecule has 2 aliphatic heterocycles. The molecule has 0 radical (unpaired) electrons. The Hall–Kier alpha value is -1.92. The van der Waals surface area contributed by atoms with Crippen LogP contribution in [0.25, 0.3) is 0 Å². The van der Waals surface area contributed by atoms with Crippen molar-refractivity contribution in [2.24, 2.45) is 5.16 Å². The third kappa shape index (κ3) is 3.84. The van der Waals surface area contributed by atoms with Crippen molar-refractivity contribution in [1.82, 2.24) is 4.90 Å². The van der Waals surface area contributed by atoms with Gasteiger partial charge in [-0.3, -0.25) is 9.69 Å². The highest BCUT2D eigenvalue weighted by atomic mass is 16.5. The first-order valence-corrected chi connectivity index (χ1v) is 7.20. The third-order valence-electron chi connectivity index (χ3n) is 3.48. The zero-order valence-corrected chi connectivity index (χ0v) is 13.2. The average Bonchev–Trinajstić information content (AvgIpc) is 3.01. The van der Waals surface area contributed by atoms with Crippen LogP contribution in [0.4, 0.5) is 0 Å².